The number of amides is 2. The molecule has 1 unspecified atom stereocenters. The van der Waals surface area contributed by atoms with Crippen molar-refractivity contribution in [2.24, 2.45) is 0 Å². The van der Waals surface area contributed by atoms with Gasteiger partial charge in [0.25, 0.3) is 0 Å². The van der Waals surface area contributed by atoms with Crippen molar-refractivity contribution in [3.05, 3.63) is 54.4 Å². The minimum Gasteiger partial charge on any atom is -0.380 e. The van der Waals surface area contributed by atoms with Crippen molar-refractivity contribution in [3.8, 4) is 0 Å². The molecule has 0 bridgehead atoms. The van der Waals surface area contributed by atoms with Gasteiger partial charge in [-0.2, -0.15) is 4.31 Å². The molecule has 1 aliphatic heterocycles. The fourth-order valence-corrected chi connectivity index (χ4v) is 4.11. The first-order valence-electron chi connectivity index (χ1n) is 8.56. The second kappa shape index (κ2) is 8.47. The maximum atomic E-state index is 12.7. The van der Waals surface area contributed by atoms with Crippen molar-refractivity contribution in [2.45, 2.75) is 23.9 Å². The van der Waals surface area contributed by atoms with Crippen LogP contribution in [0.15, 0.2) is 53.7 Å². The van der Waals surface area contributed by atoms with Crippen LogP contribution in [-0.4, -0.2) is 50.0 Å². The zero-order valence-corrected chi connectivity index (χ0v) is 15.8. The number of hydrogen-bond acceptors (Lipinski definition) is 5. The highest BCUT2D eigenvalue weighted by Crippen LogP contribution is 2.22. The number of benzene rings is 1. The van der Waals surface area contributed by atoms with E-state index in [0.717, 1.165) is 5.56 Å². The standard InChI is InChI=1S/C18H22N4O4S/c1-22(16-8-10-26-13-16)27(24,25)17-6-4-15(5-7-17)21-18(23)20-12-14-3-2-9-19-11-14/h2-7,9,11,16H,8,10,12-13H2,1H3,(H2,20,21,23). The van der Waals surface area contributed by atoms with Gasteiger partial charge >= 0.3 is 6.03 Å². The lowest BCUT2D eigenvalue weighted by Crippen LogP contribution is -2.37. The van der Waals surface area contributed by atoms with Crippen LogP contribution in [0.1, 0.15) is 12.0 Å². The van der Waals surface area contributed by atoms with Gasteiger partial charge in [-0.3, -0.25) is 4.98 Å². The Morgan fingerprint density at radius 1 is 1.30 bits per heavy atom. The number of nitrogens with one attached hydrogen (secondary N) is 2. The number of carbonyl (C=O) groups excluding carboxylic acids is 1. The molecule has 8 nitrogen and oxygen atoms in total. The summed E-state index contributed by atoms with van der Waals surface area (Å²) in [4.78, 5) is 16.1. The number of nitrogens with zero attached hydrogens (tertiary/aromatic N) is 2. The molecule has 0 aliphatic carbocycles. The SMILES string of the molecule is CN(C1CCOC1)S(=O)(=O)c1ccc(NC(=O)NCc2cccnc2)cc1. The van der Waals surface area contributed by atoms with Crippen molar-refractivity contribution < 1.29 is 17.9 Å². The second-order valence-corrected chi connectivity index (χ2v) is 8.23. The molecule has 0 spiro atoms. The molecule has 2 heterocycles. The molecule has 144 valence electrons. The van der Waals surface area contributed by atoms with Crippen molar-refractivity contribution in [2.75, 3.05) is 25.6 Å². The lowest BCUT2D eigenvalue weighted by molar-refractivity contribution is 0.181. The molecule has 2 N–H and O–H groups in total. The van der Waals surface area contributed by atoms with Crippen LogP contribution in [0.2, 0.25) is 0 Å². The first kappa shape index (κ1) is 19.3. The number of urea groups is 1. The van der Waals surface area contributed by atoms with Crippen LogP contribution in [0.3, 0.4) is 0 Å². The highest BCUT2D eigenvalue weighted by molar-refractivity contribution is 7.89. The molecule has 2 aromatic rings. The lowest BCUT2D eigenvalue weighted by Gasteiger charge is -2.22. The van der Waals surface area contributed by atoms with E-state index in [9.17, 15) is 13.2 Å². The van der Waals surface area contributed by atoms with E-state index < -0.39 is 10.0 Å². The third-order valence-electron chi connectivity index (χ3n) is 4.38. The number of carbonyl (C=O) groups is 1. The topological polar surface area (TPSA) is 101 Å². The Hall–Kier alpha value is -2.49. The van der Waals surface area contributed by atoms with Gasteiger partial charge < -0.3 is 15.4 Å². The Balaban J connectivity index is 1.58. The number of sulfonamides is 1. The fraction of sp³-hybridized carbons (Fsp3) is 0.333. The molecule has 1 fully saturated rings. The van der Waals surface area contributed by atoms with Gasteiger partial charge in [0, 0.05) is 38.3 Å². The molecule has 3 rings (SSSR count). The van der Waals surface area contributed by atoms with Crippen LogP contribution in [0, 0.1) is 0 Å². The Morgan fingerprint density at radius 3 is 2.70 bits per heavy atom. The molecule has 1 aromatic heterocycles. The Bertz CT molecular complexity index is 866. The fourth-order valence-electron chi connectivity index (χ4n) is 2.74. The summed E-state index contributed by atoms with van der Waals surface area (Å²) in [5.74, 6) is 0. The van der Waals surface area contributed by atoms with Crippen LogP contribution in [0.5, 0.6) is 0 Å². The van der Waals surface area contributed by atoms with E-state index in [1.165, 1.54) is 16.4 Å². The van der Waals surface area contributed by atoms with Gasteiger partial charge in [0.15, 0.2) is 0 Å². The number of rotatable bonds is 6. The highest BCUT2D eigenvalue weighted by atomic mass is 32.2. The largest absolute Gasteiger partial charge is 0.380 e. The molecular formula is C18H22N4O4S. The summed E-state index contributed by atoms with van der Waals surface area (Å²) < 4.78 is 32.0. The summed E-state index contributed by atoms with van der Waals surface area (Å²) in [5, 5.41) is 5.39. The summed E-state index contributed by atoms with van der Waals surface area (Å²) in [6.45, 7) is 1.33. The summed E-state index contributed by atoms with van der Waals surface area (Å²) >= 11 is 0. The molecule has 1 aliphatic rings. The zero-order chi connectivity index (χ0) is 19.3. The van der Waals surface area contributed by atoms with Crippen molar-refractivity contribution in [3.63, 3.8) is 0 Å². The summed E-state index contributed by atoms with van der Waals surface area (Å²) in [6, 6.07) is 9.23. The van der Waals surface area contributed by atoms with Gasteiger partial charge in [-0.15, -0.1) is 0 Å². The number of aromatic nitrogens is 1. The summed E-state index contributed by atoms with van der Waals surface area (Å²) in [6.07, 6.45) is 4.02. The molecule has 1 aromatic carbocycles. The van der Waals surface area contributed by atoms with Crippen LogP contribution in [0.4, 0.5) is 10.5 Å². The smallest absolute Gasteiger partial charge is 0.319 e. The van der Waals surface area contributed by atoms with Crippen molar-refractivity contribution in [1.82, 2.24) is 14.6 Å². The van der Waals surface area contributed by atoms with E-state index in [0.29, 0.717) is 31.9 Å². The first-order chi connectivity index (χ1) is 13.0. The summed E-state index contributed by atoms with van der Waals surface area (Å²) in [5.41, 5.74) is 1.39. The van der Waals surface area contributed by atoms with E-state index in [4.69, 9.17) is 4.74 Å². The molecule has 1 saturated heterocycles. The number of hydrogen-bond donors (Lipinski definition) is 2. The summed E-state index contributed by atoms with van der Waals surface area (Å²) in [7, 11) is -2.03. The maximum absolute atomic E-state index is 12.7. The van der Waals surface area contributed by atoms with E-state index in [2.05, 4.69) is 15.6 Å². The average Bonchev–Trinajstić information content (AvgIpc) is 3.21. The van der Waals surface area contributed by atoms with Crippen LogP contribution < -0.4 is 10.6 Å². The van der Waals surface area contributed by atoms with E-state index in [-0.39, 0.29) is 17.0 Å². The molecular weight excluding hydrogens is 368 g/mol. The number of anilines is 1. The average molecular weight is 390 g/mol. The number of likely N-dealkylation sites (N-methyl/N-ethyl adjacent to an activating group) is 1. The van der Waals surface area contributed by atoms with E-state index in [1.807, 2.05) is 6.07 Å². The predicted octanol–water partition coefficient (Wildman–Crippen LogP) is 1.81. The third kappa shape index (κ3) is 4.82. The van der Waals surface area contributed by atoms with Gasteiger partial charge in [0.2, 0.25) is 10.0 Å². The predicted molar refractivity (Wildman–Crippen MR) is 101 cm³/mol. The van der Waals surface area contributed by atoms with Crippen molar-refractivity contribution in [1.29, 1.82) is 0 Å². The van der Waals surface area contributed by atoms with Gasteiger partial charge in [0.05, 0.1) is 17.5 Å². The monoisotopic (exact) mass is 390 g/mol. The quantitative estimate of drug-likeness (QED) is 0.783. The van der Waals surface area contributed by atoms with Crippen molar-refractivity contribution >= 4 is 21.7 Å². The maximum Gasteiger partial charge on any atom is 0.319 e. The van der Waals surface area contributed by atoms with Gasteiger partial charge in [-0.1, -0.05) is 6.07 Å². The minimum atomic E-state index is -3.60. The Labute approximate surface area is 158 Å². The molecule has 9 heteroatoms. The van der Waals surface area contributed by atoms with Crippen LogP contribution in [-0.2, 0) is 21.3 Å². The second-order valence-electron chi connectivity index (χ2n) is 6.23. The van der Waals surface area contributed by atoms with Gasteiger partial charge in [0.1, 0.15) is 0 Å². The molecule has 27 heavy (non-hydrogen) atoms. The minimum absolute atomic E-state index is 0.147. The molecule has 2 amide bonds. The van der Waals surface area contributed by atoms with Crippen LogP contribution in [0.25, 0.3) is 0 Å². The number of pyridine rings is 1. The highest BCUT2D eigenvalue weighted by Gasteiger charge is 2.30. The number of ether oxygens (including phenoxy) is 1. The normalized spacial score (nSPS) is 17.0. The first-order valence-corrected chi connectivity index (χ1v) is 10.0. The third-order valence-corrected chi connectivity index (χ3v) is 6.31. The van der Waals surface area contributed by atoms with E-state index in [1.54, 1.807) is 37.6 Å². The Morgan fingerprint density at radius 2 is 2.07 bits per heavy atom. The van der Waals surface area contributed by atoms with Gasteiger partial charge in [-0.25, -0.2) is 13.2 Å². The molecule has 1 atom stereocenters. The zero-order valence-electron chi connectivity index (χ0n) is 15.0. The molecule has 0 saturated carbocycles. The van der Waals surface area contributed by atoms with Gasteiger partial charge in [-0.05, 0) is 42.3 Å². The molecule has 0 radical (unpaired) electrons. The lowest BCUT2D eigenvalue weighted by atomic mass is 10.3. The van der Waals surface area contributed by atoms with E-state index >= 15 is 0 Å². The Kier molecular flexibility index (Phi) is 6.04. The van der Waals surface area contributed by atoms with Crippen LogP contribution >= 0.6 is 0 Å².